The molecule has 1 saturated carbocycles. The lowest BCUT2D eigenvalue weighted by atomic mass is 9.78. The molecule has 0 amide bonds. The van der Waals surface area contributed by atoms with Gasteiger partial charge in [0.15, 0.2) is 23.2 Å². The van der Waals surface area contributed by atoms with Crippen LogP contribution in [0.3, 0.4) is 0 Å². The number of hydrogen-bond acceptors (Lipinski definition) is 2. The normalized spacial score (nSPS) is 18.6. The molecule has 0 atom stereocenters. The van der Waals surface area contributed by atoms with E-state index >= 15 is 4.39 Å². The molecular weight excluding hydrogens is 468 g/mol. The van der Waals surface area contributed by atoms with E-state index in [9.17, 15) is 13.2 Å². The first-order chi connectivity index (χ1) is 17.3. The first kappa shape index (κ1) is 27.3. The minimum Gasteiger partial charge on any atom is -0.491 e. The lowest BCUT2D eigenvalue weighted by Gasteiger charge is -2.29. The van der Waals surface area contributed by atoms with Crippen molar-refractivity contribution in [3.8, 4) is 11.1 Å². The van der Waals surface area contributed by atoms with Crippen LogP contribution in [0.25, 0.3) is 17.2 Å². The third-order valence-electron chi connectivity index (χ3n) is 6.47. The van der Waals surface area contributed by atoms with Crippen LogP contribution in [-0.4, -0.2) is 13.2 Å². The molecule has 0 radical (unpaired) electrons. The summed E-state index contributed by atoms with van der Waals surface area (Å²) in [6.07, 6.45) is 6.51. The van der Waals surface area contributed by atoms with Crippen LogP contribution in [-0.2, 0) is 9.47 Å². The number of rotatable bonds is 10. The van der Waals surface area contributed by atoms with E-state index in [-0.39, 0.29) is 30.6 Å². The summed E-state index contributed by atoms with van der Waals surface area (Å²) in [5.41, 5.74) is 2.21. The zero-order valence-electron chi connectivity index (χ0n) is 20.8. The summed E-state index contributed by atoms with van der Waals surface area (Å²) in [6.45, 7) is 10.6. The van der Waals surface area contributed by atoms with Crippen molar-refractivity contribution in [1.82, 2.24) is 0 Å². The predicted octanol–water partition coefficient (Wildman–Crippen LogP) is 9.17. The molecule has 3 rings (SSSR count). The summed E-state index contributed by atoms with van der Waals surface area (Å²) < 4.78 is 68.4. The Balaban J connectivity index is 1.59. The molecule has 2 aromatic rings. The maximum absolute atomic E-state index is 15.0. The van der Waals surface area contributed by atoms with Gasteiger partial charge in [0.05, 0.1) is 13.2 Å². The van der Waals surface area contributed by atoms with E-state index in [1.165, 1.54) is 0 Å². The van der Waals surface area contributed by atoms with Crippen molar-refractivity contribution in [1.29, 1.82) is 0 Å². The third kappa shape index (κ3) is 6.48. The Labute approximate surface area is 210 Å². The molecule has 36 heavy (non-hydrogen) atoms. The number of hydrogen-bond donors (Lipinski definition) is 0. The summed E-state index contributed by atoms with van der Waals surface area (Å²) >= 11 is 0. The van der Waals surface area contributed by atoms with Crippen LogP contribution in [0.15, 0.2) is 78.8 Å². The van der Waals surface area contributed by atoms with Crippen molar-refractivity contribution in [2.24, 2.45) is 5.92 Å². The van der Waals surface area contributed by atoms with Crippen molar-refractivity contribution in [2.75, 3.05) is 13.2 Å². The predicted molar refractivity (Wildman–Crippen MR) is 136 cm³/mol. The molecule has 1 fully saturated rings. The highest BCUT2D eigenvalue weighted by atomic mass is 19.2. The molecule has 0 aliphatic heterocycles. The van der Waals surface area contributed by atoms with Gasteiger partial charge in [-0.1, -0.05) is 61.7 Å². The van der Waals surface area contributed by atoms with Crippen molar-refractivity contribution < 1.29 is 27.0 Å². The minimum atomic E-state index is -1.24. The van der Waals surface area contributed by atoms with Gasteiger partial charge in [-0.2, -0.15) is 8.78 Å². The summed E-state index contributed by atoms with van der Waals surface area (Å²) in [5.74, 6) is -5.00. The van der Waals surface area contributed by atoms with E-state index in [1.54, 1.807) is 31.2 Å². The van der Waals surface area contributed by atoms with Gasteiger partial charge in [0.25, 0.3) is 0 Å². The fourth-order valence-corrected chi connectivity index (χ4v) is 4.47. The second-order valence-corrected chi connectivity index (χ2v) is 8.89. The molecule has 0 saturated heterocycles. The molecule has 6 heteroatoms. The molecule has 192 valence electrons. The van der Waals surface area contributed by atoms with E-state index in [4.69, 9.17) is 9.47 Å². The summed E-state index contributed by atoms with van der Waals surface area (Å²) in [7, 11) is 0. The molecule has 1 aliphatic rings. The topological polar surface area (TPSA) is 18.5 Å². The maximum Gasteiger partial charge on any atom is 0.203 e. The molecule has 2 aromatic carbocycles. The van der Waals surface area contributed by atoms with E-state index in [1.807, 2.05) is 31.2 Å². The number of allylic oxidation sites excluding steroid dienone is 3. The fraction of sp³-hybridized carbons (Fsp3) is 0.333. The maximum atomic E-state index is 15.0. The SMILES string of the molecule is C=C(OCC)/C(F)=C(/F)C(=C)OCC1CCC(c2ccc(-c3ccc(/C=C/C)cc3)c(F)c2F)CC1. The van der Waals surface area contributed by atoms with E-state index < -0.39 is 34.8 Å². The van der Waals surface area contributed by atoms with Crippen LogP contribution in [0.4, 0.5) is 17.6 Å². The molecule has 0 spiro atoms. The number of benzene rings is 2. The first-order valence-electron chi connectivity index (χ1n) is 12.2. The minimum absolute atomic E-state index is 0.0758. The van der Waals surface area contributed by atoms with E-state index in [0.29, 0.717) is 36.8 Å². The summed E-state index contributed by atoms with van der Waals surface area (Å²) in [6, 6.07) is 10.6. The molecule has 0 aromatic heterocycles. The van der Waals surface area contributed by atoms with Gasteiger partial charge in [-0.15, -0.1) is 0 Å². The van der Waals surface area contributed by atoms with Crippen LogP contribution in [0, 0.1) is 17.6 Å². The van der Waals surface area contributed by atoms with Crippen molar-refractivity contribution in [3.63, 3.8) is 0 Å². The fourth-order valence-electron chi connectivity index (χ4n) is 4.47. The Bertz CT molecular complexity index is 1140. The molecule has 0 bridgehead atoms. The zero-order chi connectivity index (χ0) is 26.2. The highest BCUT2D eigenvalue weighted by molar-refractivity contribution is 5.67. The lowest BCUT2D eigenvalue weighted by molar-refractivity contribution is 0.134. The molecule has 1 aliphatic carbocycles. The Morgan fingerprint density at radius 2 is 1.50 bits per heavy atom. The Morgan fingerprint density at radius 3 is 2.08 bits per heavy atom. The Morgan fingerprint density at radius 1 is 0.889 bits per heavy atom. The molecule has 0 unspecified atom stereocenters. The molecule has 0 N–H and O–H groups in total. The average molecular weight is 501 g/mol. The highest BCUT2D eigenvalue weighted by Gasteiger charge is 2.27. The monoisotopic (exact) mass is 500 g/mol. The first-order valence-corrected chi connectivity index (χ1v) is 12.2. The zero-order valence-corrected chi connectivity index (χ0v) is 20.8. The standard InChI is InChI=1S/C30H32F4O2/c1-5-7-21-8-12-23(13-9-21)25-16-17-26(30(34)29(25)33)24-14-10-22(11-15-24)18-36-20(4)28(32)27(31)19(3)35-6-2/h5,7-9,12-13,16-17,22,24H,3-4,6,10-11,14-15,18H2,1-2H3/b7-5+,28-27-. The molecular formula is C30H32F4O2. The van der Waals surface area contributed by atoms with Gasteiger partial charge < -0.3 is 9.47 Å². The van der Waals surface area contributed by atoms with Crippen LogP contribution in [0.5, 0.6) is 0 Å². The third-order valence-corrected chi connectivity index (χ3v) is 6.47. The van der Waals surface area contributed by atoms with Gasteiger partial charge in [0.2, 0.25) is 11.7 Å². The highest BCUT2D eigenvalue weighted by Crippen LogP contribution is 2.39. The van der Waals surface area contributed by atoms with Gasteiger partial charge in [-0.3, -0.25) is 0 Å². The lowest BCUT2D eigenvalue weighted by Crippen LogP contribution is -2.19. The van der Waals surface area contributed by atoms with Crippen molar-refractivity contribution in [2.45, 2.75) is 45.4 Å². The van der Waals surface area contributed by atoms with E-state index in [0.717, 1.165) is 5.56 Å². The molecule has 2 nitrogen and oxygen atoms in total. The second-order valence-electron chi connectivity index (χ2n) is 8.89. The Kier molecular flexibility index (Phi) is 9.57. The van der Waals surface area contributed by atoms with Crippen LogP contribution < -0.4 is 0 Å². The van der Waals surface area contributed by atoms with Crippen LogP contribution in [0.2, 0.25) is 0 Å². The largest absolute Gasteiger partial charge is 0.491 e. The quantitative estimate of drug-likeness (QED) is 0.184. The van der Waals surface area contributed by atoms with Gasteiger partial charge >= 0.3 is 0 Å². The van der Waals surface area contributed by atoms with Crippen molar-refractivity contribution in [3.05, 3.63) is 102 Å². The smallest absolute Gasteiger partial charge is 0.203 e. The summed E-state index contributed by atoms with van der Waals surface area (Å²) in [5, 5.41) is 0. The number of halogens is 4. The Hall–Kier alpha value is -3.28. The summed E-state index contributed by atoms with van der Waals surface area (Å²) in [4.78, 5) is 0. The van der Waals surface area contributed by atoms with E-state index in [2.05, 4.69) is 13.2 Å². The van der Waals surface area contributed by atoms with Gasteiger partial charge in [0, 0.05) is 5.56 Å². The average Bonchev–Trinajstić information content (AvgIpc) is 2.89. The van der Waals surface area contributed by atoms with Gasteiger partial charge in [-0.05, 0) is 68.1 Å². The second kappa shape index (κ2) is 12.6. The van der Waals surface area contributed by atoms with Gasteiger partial charge in [-0.25, -0.2) is 8.78 Å². The van der Waals surface area contributed by atoms with Crippen molar-refractivity contribution >= 4 is 6.08 Å². The molecule has 0 heterocycles. The van der Waals surface area contributed by atoms with Crippen LogP contribution >= 0.6 is 0 Å². The van der Waals surface area contributed by atoms with Crippen LogP contribution in [0.1, 0.15) is 56.6 Å². The number of ether oxygens (including phenoxy) is 2. The van der Waals surface area contributed by atoms with Gasteiger partial charge in [0.1, 0.15) is 0 Å².